The molecule has 5 nitrogen and oxygen atoms in total. The van der Waals surface area contributed by atoms with E-state index in [1.54, 1.807) is 0 Å². The molecule has 0 bridgehead atoms. The zero-order valence-corrected chi connectivity index (χ0v) is 18.8. The van der Waals surface area contributed by atoms with Gasteiger partial charge in [-0.05, 0) is 70.6 Å². The molecule has 31 heavy (non-hydrogen) atoms. The van der Waals surface area contributed by atoms with Gasteiger partial charge >= 0.3 is 0 Å². The summed E-state index contributed by atoms with van der Waals surface area (Å²) in [7, 11) is 0. The molecule has 1 fully saturated rings. The van der Waals surface area contributed by atoms with Crippen LogP contribution in [0.4, 0.5) is 0 Å². The monoisotopic (exact) mass is 418 g/mol. The SMILES string of the molecule is C=C=C(OC(C)(C)C)N1CCC[C@@H](Cc2cccc(-c3cnn4c3C=CCC=C4)n2)C1.[HH]. The molecule has 0 N–H and O–H groups in total. The van der Waals surface area contributed by atoms with Gasteiger partial charge < -0.3 is 9.64 Å². The third-order valence-corrected chi connectivity index (χ3v) is 5.57. The van der Waals surface area contributed by atoms with Gasteiger partial charge in [0, 0.05) is 32.0 Å². The quantitative estimate of drug-likeness (QED) is 0.456. The number of fused-ring (bicyclic) bond motifs is 1. The van der Waals surface area contributed by atoms with Crippen molar-refractivity contribution in [3.63, 3.8) is 0 Å². The van der Waals surface area contributed by atoms with E-state index in [9.17, 15) is 0 Å². The van der Waals surface area contributed by atoms with E-state index in [1.165, 1.54) is 6.42 Å². The van der Waals surface area contributed by atoms with E-state index >= 15 is 0 Å². The Morgan fingerprint density at radius 3 is 3.00 bits per heavy atom. The summed E-state index contributed by atoms with van der Waals surface area (Å²) in [5, 5.41) is 4.51. The summed E-state index contributed by atoms with van der Waals surface area (Å²) in [5.74, 6) is 1.29. The number of nitrogens with zero attached hydrogens (tertiary/aromatic N) is 4. The predicted octanol–water partition coefficient (Wildman–Crippen LogP) is 5.77. The molecule has 0 unspecified atom stereocenters. The minimum absolute atomic E-state index is 0. The highest BCUT2D eigenvalue weighted by Gasteiger charge is 2.25. The Balaban J connectivity index is 0.00000289. The minimum atomic E-state index is -0.254. The van der Waals surface area contributed by atoms with Gasteiger partial charge in [-0.2, -0.15) is 5.10 Å². The zero-order chi connectivity index (χ0) is 21.8. The summed E-state index contributed by atoms with van der Waals surface area (Å²) in [4.78, 5) is 7.28. The first-order valence-corrected chi connectivity index (χ1v) is 11.1. The van der Waals surface area contributed by atoms with Crippen molar-refractivity contribution in [1.29, 1.82) is 0 Å². The van der Waals surface area contributed by atoms with Crippen molar-refractivity contribution in [3.8, 4) is 11.3 Å². The average Bonchev–Trinajstić information content (AvgIpc) is 3.00. The van der Waals surface area contributed by atoms with Crippen LogP contribution in [0.25, 0.3) is 23.5 Å². The van der Waals surface area contributed by atoms with E-state index < -0.39 is 0 Å². The number of rotatable bonds is 5. The average molecular weight is 419 g/mol. The fraction of sp³-hybridized carbons (Fsp3) is 0.423. The normalized spacial score (nSPS) is 18.3. The van der Waals surface area contributed by atoms with Crippen molar-refractivity contribution >= 4 is 12.3 Å². The standard InChI is InChI=1S/C26H32N4O.H2/c1-5-25(31-26(2,3)4)29-15-10-11-20(19-29)17-21-12-9-13-23(28-21)22-18-27-30-16-8-6-7-14-24(22)30;/h7-9,12-14,16,18,20H,1,6,10-11,15,17,19H2,2-4H3;1H/t20-;/m0./s1. The third-order valence-electron chi connectivity index (χ3n) is 5.57. The number of piperidine rings is 1. The maximum Gasteiger partial charge on any atom is 0.235 e. The minimum Gasteiger partial charge on any atom is -0.468 e. The molecule has 4 heterocycles. The molecule has 5 heteroatoms. The van der Waals surface area contributed by atoms with Crippen LogP contribution >= 0.6 is 0 Å². The predicted molar refractivity (Wildman–Crippen MR) is 128 cm³/mol. The van der Waals surface area contributed by atoms with Crippen LogP contribution < -0.4 is 0 Å². The van der Waals surface area contributed by atoms with Gasteiger partial charge in [-0.15, -0.1) is 0 Å². The smallest absolute Gasteiger partial charge is 0.235 e. The number of hydrogen-bond acceptors (Lipinski definition) is 4. The molecular weight excluding hydrogens is 384 g/mol. The van der Waals surface area contributed by atoms with Gasteiger partial charge in [-0.25, -0.2) is 4.68 Å². The Hall–Kier alpha value is -3.04. The van der Waals surface area contributed by atoms with E-state index in [-0.39, 0.29) is 7.03 Å². The molecule has 0 aliphatic carbocycles. The number of allylic oxidation sites excluding steroid dienone is 2. The lowest BCUT2D eigenvalue weighted by Crippen LogP contribution is -2.38. The van der Waals surface area contributed by atoms with Gasteiger partial charge in [-0.1, -0.05) is 30.5 Å². The van der Waals surface area contributed by atoms with Crippen LogP contribution in [-0.2, 0) is 11.2 Å². The summed E-state index contributed by atoms with van der Waals surface area (Å²) < 4.78 is 8.01. The topological polar surface area (TPSA) is 43.2 Å². The van der Waals surface area contributed by atoms with Crippen LogP contribution in [0.3, 0.4) is 0 Å². The largest absolute Gasteiger partial charge is 0.468 e. The lowest BCUT2D eigenvalue weighted by atomic mass is 9.93. The number of aromatic nitrogens is 3. The highest BCUT2D eigenvalue weighted by molar-refractivity contribution is 5.72. The van der Waals surface area contributed by atoms with Crippen LogP contribution in [0.2, 0.25) is 0 Å². The van der Waals surface area contributed by atoms with Gasteiger partial charge in [0.25, 0.3) is 0 Å². The second-order valence-electron chi connectivity index (χ2n) is 9.28. The summed E-state index contributed by atoms with van der Waals surface area (Å²) in [6.45, 7) is 12.0. The Bertz CT molecular complexity index is 1040. The summed E-state index contributed by atoms with van der Waals surface area (Å²) in [5.41, 5.74) is 7.02. The highest BCUT2D eigenvalue weighted by atomic mass is 16.5. The number of ether oxygens (including phenoxy) is 1. The molecule has 0 radical (unpaired) electrons. The van der Waals surface area contributed by atoms with Crippen molar-refractivity contribution in [2.24, 2.45) is 5.92 Å². The Kier molecular flexibility index (Phi) is 6.15. The van der Waals surface area contributed by atoms with Crippen LogP contribution in [0.5, 0.6) is 0 Å². The molecule has 2 aromatic rings. The lowest BCUT2D eigenvalue weighted by molar-refractivity contribution is -0.00826. The number of hydrogen-bond donors (Lipinski definition) is 0. The third kappa shape index (κ3) is 5.18. The second-order valence-corrected chi connectivity index (χ2v) is 9.28. The van der Waals surface area contributed by atoms with Crippen LogP contribution in [0, 0.1) is 5.92 Å². The molecule has 0 spiro atoms. The van der Waals surface area contributed by atoms with Crippen molar-refractivity contribution in [3.05, 3.63) is 66.1 Å². The molecule has 1 saturated heterocycles. The van der Waals surface area contributed by atoms with E-state index in [0.717, 1.165) is 60.9 Å². The highest BCUT2D eigenvalue weighted by Crippen LogP contribution is 2.28. The van der Waals surface area contributed by atoms with Gasteiger partial charge in [-0.3, -0.25) is 4.98 Å². The molecule has 2 aromatic heterocycles. The van der Waals surface area contributed by atoms with Crippen LogP contribution in [0.15, 0.2) is 54.7 Å². The van der Waals surface area contributed by atoms with Gasteiger partial charge in [0.15, 0.2) is 0 Å². The summed E-state index contributed by atoms with van der Waals surface area (Å²) in [6.07, 6.45) is 14.5. The van der Waals surface area contributed by atoms with E-state index in [1.807, 2.05) is 17.1 Å². The van der Waals surface area contributed by atoms with E-state index in [0.29, 0.717) is 5.92 Å². The Morgan fingerprint density at radius 1 is 1.32 bits per heavy atom. The molecule has 1 atom stereocenters. The van der Waals surface area contributed by atoms with Crippen molar-refractivity contribution in [2.45, 2.75) is 52.1 Å². The number of likely N-dealkylation sites (tertiary alicyclic amines) is 1. The molecule has 4 rings (SSSR count). The molecule has 0 amide bonds. The van der Waals surface area contributed by atoms with Crippen molar-refractivity contribution in [1.82, 2.24) is 19.7 Å². The van der Waals surface area contributed by atoms with Crippen molar-refractivity contribution < 1.29 is 6.16 Å². The zero-order valence-electron chi connectivity index (χ0n) is 18.8. The fourth-order valence-corrected chi connectivity index (χ4v) is 4.23. The Morgan fingerprint density at radius 2 is 2.19 bits per heavy atom. The first kappa shape index (κ1) is 21.2. The second kappa shape index (κ2) is 8.99. The summed E-state index contributed by atoms with van der Waals surface area (Å²) in [6, 6.07) is 6.32. The molecule has 2 aliphatic heterocycles. The molecule has 164 valence electrons. The van der Waals surface area contributed by atoms with E-state index in [4.69, 9.17) is 9.72 Å². The molecular formula is C26H34N4O. The van der Waals surface area contributed by atoms with E-state index in [2.05, 4.69) is 79.5 Å². The first-order chi connectivity index (χ1) is 14.9. The van der Waals surface area contributed by atoms with Gasteiger partial charge in [0.2, 0.25) is 5.88 Å². The fourth-order valence-electron chi connectivity index (χ4n) is 4.23. The first-order valence-electron chi connectivity index (χ1n) is 11.1. The van der Waals surface area contributed by atoms with Gasteiger partial charge in [0.05, 0.1) is 17.6 Å². The lowest BCUT2D eigenvalue weighted by Gasteiger charge is -2.36. The van der Waals surface area contributed by atoms with Crippen molar-refractivity contribution in [2.75, 3.05) is 13.1 Å². The maximum absolute atomic E-state index is 6.09. The van der Waals surface area contributed by atoms with Gasteiger partial charge in [0.1, 0.15) is 5.60 Å². The van der Waals surface area contributed by atoms with Crippen LogP contribution in [-0.4, -0.2) is 38.4 Å². The molecule has 2 aliphatic rings. The number of pyridine rings is 1. The Labute approximate surface area is 186 Å². The molecule has 0 aromatic carbocycles. The maximum atomic E-state index is 6.09. The molecule has 0 saturated carbocycles. The van der Waals surface area contributed by atoms with Crippen LogP contribution in [0.1, 0.15) is 52.8 Å². The summed E-state index contributed by atoms with van der Waals surface area (Å²) >= 11 is 0.